The number of nitrogens with zero attached hydrogens (tertiary/aromatic N) is 4. The summed E-state index contributed by atoms with van der Waals surface area (Å²) >= 11 is 0. The molecular weight excluding hydrogens is 452 g/mol. The standard InChI is InChI=1S/C25H30N4O4S/c1-2-32-19-9-11-20(12-10-19)33-21-13-15-22(16-14-21)34(30,31)29-18-6-7-23(29)25-27-26-24-8-4-3-5-17-28(24)25/h9-16,23H,2-8,17-18H2,1H3. The van der Waals surface area contributed by atoms with E-state index >= 15 is 0 Å². The molecular formula is C25H30N4O4S. The lowest BCUT2D eigenvalue weighted by Crippen LogP contribution is -2.32. The molecule has 1 unspecified atom stereocenters. The van der Waals surface area contributed by atoms with Gasteiger partial charge in [0.25, 0.3) is 0 Å². The maximum absolute atomic E-state index is 13.6. The first kappa shape index (κ1) is 22.9. The van der Waals surface area contributed by atoms with Crippen LogP contribution in [0.2, 0.25) is 0 Å². The fourth-order valence-corrected chi connectivity index (χ4v) is 6.42. The number of benzene rings is 2. The summed E-state index contributed by atoms with van der Waals surface area (Å²) in [6, 6.07) is 13.7. The minimum atomic E-state index is -3.67. The Bertz CT molecular complexity index is 1220. The summed E-state index contributed by atoms with van der Waals surface area (Å²) in [6.07, 6.45) is 5.83. The molecule has 0 saturated carbocycles. The minimum Gasteiger partial charge on any atom is -0.494 e. The van der Waals surface area contributed by atoms with E-state index < -0.39 is 10.0 Å². The zero-order valence-corrected chi connectivity index (χ0v) is 20.2. The van der Waals surface area contributed by atoms with Crippen molar-refractivity contribution in [2.45, 2.75) is 62.9 Å². The minimum absolute atomic E-state index is 0.258. The Morgan fingerprint density at radius 1 is 0.882 bits per heavy atom. The van der Waals surface area contributed by atoms with Crippen LogP contribution in [0.5, 0.6) is 17.2 Å². The maximum Gasteiger partial charge on any atom is 0.243 e. The Kier molecular flexibility index (Phi) is 6.56. The summed E-state index contributed by atoms with van der Waals surface area (Å²) in [7, 11) is -3.67. The highest BCUT2D eigenvalue weighted by atomic mass is 32.2. The van der Waals surface area contributed by atoms with Gasteiger partial charge in [-0.2, -0.15) is 4.31 Å². The van der Waals surface area contributed by atoms with Crippen LogP contribution in [0.15, 0.2) is 53.4 Å². The first-order valence-electron chi connectivity index (χ1n) is 12.0. The second-order valence-corrected chi connectivity index (χ2v) is 10.6. The van der Waals surface area contributed by atoms with Crippen molar-refractivity contribution in [1.82, 2.24) is 19.1 Å². The van der Waals surface area contributed by atoms with Crippen molar-refractivity contribution in [3.8, 4) is 17.2 Å². The van der Waals surface area contributed by atoms with Crippen molar-refractivity contribution in [2.75, 3.05) is 13.2 Å². The molecule has 2 aliphatic rings. The van der Waals surface area contributed by atoms with Gasteiger partial charge in [-0.25, -0.2) is 8.42 Å². The Morgan fingerprint density at radius 2 is 1.59 bits per heavy atom. The molecule has 0 bridgehead atoms. The summed E-state index contributed by atoms with van der Waals surface area (Å²) in [6.45, 7) is 3.89. The molecule has 2 aliphatic heterocycles. The average Bonchev–Trinajstić information content (AvgIpc) is 3.42. The zero-order valence-electron chi connectivity index (χ0n) is 19.4. The van der Waals surface area contributed by atoms with E-state index in [0.29, 0.717) is 24.7 Å². The number of hydrogen-bond donors (Lipinski definition) is 0. The molecule has 3 aromatic rings. The van der Waals surface area contributed by atoms with E-state index in [9.17, 15) is 8.42 Å². The normalized spacial score (nSPS) is 18.9. The van der Waals surface area contributed by atoms with Crippen LogP contribution >= 0.6 is 0 Å². The number of aromatic nitrogens is 3. The van der Waals surface area contributed by atoms with Crippen LogP contribution < -0.4 is 9.47 Å². The van der Waals surface area contributed by atoms with E-state index in [1.54, 1.807) is 28.6 Å². The average molecular weight is 483 g/mol. The molecule has 34 heavy (non-hydrogen) atoms. The Morgan fingerprint density at radius 3 is 2.32 bits per heavy atom. The van der Waals surface area contributed by atoms with Gasteiger partial charge in [0.15, 0.2) is 5.82 Å². The van der Waals surface area contributed by atoms with E-state index in [4.69, 9.17) is 9.47 Å². The lowest BCUT2D eigenvalue weighted by molar-refractivity contribution is 0.339. The third kappa shape index (κ3) is 4.54. The molecule has 180 valence electrons. The van der Waals surface area contributed by atoms with E-state index in [2.05, 4.69) is 14.8 Å². The monoisotopic (exact) mass is 482 g/mol. The Hall–Kier alpha value is -2.91. The molecule has 3 heterocycles. The van der Waals surface area contributed by atoms with Gasteiger partial charge in [-0.3, -0.25) is 0 Å². The van der Waals surface area contributed by atoms with Crippen molar-refractivity contribution in [3.63, 3.8) is 0 Å². The van der Waals surface area contributed by atoms with Crippen molar-refractivity contribution in [3.05, 3.63) is 60.2 Å². The van der Waals surface area contributed by atoms with Gasteiger partial charge in [0.05, 0.1) is 17.5 Å². The zero-order chi connectivity index (χ0) is 23.5. The molecule has 0 N–H and O–H groups in total. The molecule has 1 saturated heterocycles. The Balaban J connectivity index is 1.33. The number of ether oxygens (including phenoxy) is 2. The molecule has 2 aromatic carbocycles. The number of hydrogen-bond acceptors (Lipinski definition) is 6. The smallest absolute Gasteiger partial charge is 0.243 e. The molecule has 0 amide bonds. The van der Waals surface area contributed by atoms with Gasteiger partial charge in [-0.1, -0.05) is 6.42 Å². The van der Waals surface area contributed by atoms with Crippen LogP contribution in [-0.2, 0) is 23.0 Å². The lowest BCUT2D eigenvalue weighted by Gasteiger charge is -2.24. The highest BCUT2D eigenvalue weighted by molar-refractivity contribution is 7.89. The summed E-state index contributed by atoms with van der Waals surface area (Å²) in [5.41, 5.74) is 0. The number of sulfonamides is 1. The topological polar surface area (TPSA) is 86.6 Å². The molecule has 1 fully saturated rings. The number of aryl methyl sites for hydroxylation is 1. The predicted molar refractivity (Wildman–Crippen MR) is 128 cm³/mol. The van der Waals surface area contributed by atoms with Gasteiger partial charge in [0.1, 0.15) is 23.1 Å². The summed E-state index contributed by atoms with van der Waals surface area (Å²) < 4.78 is 42.2. The molecule has 8 nitrogen and oxygen atoms in total. The fraction of sp³-hybridized carbons (Fsp3) is 0.440. The van der Waals surface area contributed by atoms with Crippen LogP contribution in [0.1, 0.15) is 56.7 Å². The molecule has 1 atom stereocenters. The second-order valence-electron chi connectivity index (χ2n) is 8.69. The van der Waals surface area contributed by atoms with Gasteiger partial charge in [0, 0.05) is 19.5 Å². The highest BCUT2D eigenvalue weighted by Crippen LogP contribution is 2.37. The summed E-state index contributed by atoms with van der Waals surface area (Å²) in [5, 5.41) is 8.82. The van der Waals surface area contributed by atoms with Gasteiger partial charge in [-0.15, -0.1) is 10.2 Å². The van der Waals surface area contributed by atoms with Crippen LogP contribution in [0, 0.1) is 0 Å². The summed E-state index contributed by atoms with van der Waals surface area (Å²) in [4.78, 5) is 0.258. The van der Waals surface area contributed by atoms with Gasteiger partial charge < -0.3 is 14.0 Å². The molecule has 1 aromatic heterocycles. The first-order chi connectivity index (χ1) is 16.6. The van der Waals surface area contributed by atoms with E-state index in [1.165, 1.54) is 6.42 Å². The Labute approximate surface area is 200 Å². The van der Waals surface area contributed by atoms with Crippen molar-refractivity contribution in [2.24, 2.45) is 0 Å². The third-order valence-corrected chi connectivity index (χ3v) is 8.36. The SMILES string of the molecule is CCOc1ccc(Oc2ccc(S(=O)(=O)N3CCCC3c3nnc4n3CCCCC4)cc2)cc1. The van der Waals surface area contributed by atoms with E-state index in [-0.39, 0.29) is 10.9 Å². The number of fused-ring (bicyclic) bond motifs is 1. The largest absolute Gasteiger partial charge is 0.494 e. The van der Waals surface area contributed by atoms with E-state index in [1.807, 2.05) is 31.2 Å². The second kappa shape index (κ2) is 9.76. The lowest BCUT2D eigenvalue weighted by atomic mass is 10.2. The van der Waals surface area contributed by atoms with Gasteiger partial charge in [-0.05, 0) is 81.1 Å². The van der Waals surface area contributed by atoms with Gasteiger partial charge in [0.2, 0.25) is 10.0 Å². The fourth-order valence-electron chi connectivity index (χ4n) is 4.76. The van der Waals surface area contributed by atoms with Crippen molar-refractivity contribution < 1.29 is 17.9 Å². The third-order valence-electron chi connectivity index (χ3n) is 6.44. The summed E-state index contributed by atoms with van der Waals surface area (Å²) in [5.74, 6) is 3.78. The van der Waals surface area contributed by atoms with E-state index in [0.717, 1.165) is 56.0 Å². The molecule has 0 spiro atoms. The quantitative estimate of drug-likeness (QED) is 0.484. The predicted octanol–water partition coefficient (Wildman–Crippen LogP) is 4.72. The van der Waals surface area contributed by atoms with Crippen LogP contribution in [-0.4, -0.2) is 40.6 Å². The van der Waals surface area contributed by atoms with Crippen molar-refractivity contribution >= 4 is 10.0 Å². The number of rotatable bonds is 7. The van der Waals surface area contributed by atoms with Crippen LogP contribution in [0.4, 0.5) is 0 Å². The first-order valence-corrected chi connectivity index (χ1v) is 13.4. The molecule has 9 heteroatoms. The van der Waals surface area contributed by atoms with Gasteiger partial charge >= 0.3 is 0 Å². The molecule has 0 aliphatic carbocycles. The van der Waals surface area contributed by atoms with Crippen LogP contribution in [0.25, 0.3) is 0 Å². The van der Waals surface area contributed by atoms with Crippen LogP contribution in [0.3, 0.4) is 0 Å². The molecule has 5 rings (SSSR count). The highest BCUT2D eigenvalue weighted by Gasteiger charge is 2.39. The maximum atomic E-state index is 13.6. The molecule has 0 radical (unpaired) electrons. The van der Waals surface area contributed by atoms with Crippen molar-refractivity contribution in [1.29, 1.82) is 0 Å².